The molecule has 0 saturated heterocycles. The van der Waals surface area contributed by atoms with Crippen LogP contribution in [0.1, 0.15) is 11.1 Å². The highest BCUT2D eigenvalue weighted by Gasteiger charge is 2.34. The normalized spacial score (nSPS) is 11.4. The largest absolute Gasteiger partial charge is 0.419 e. The van der Waals surface area contributed by atoms with Gasteiger partial charge in [-0.05, 0) is 42.8 Å². The molecule has 0 heterocycles. The van der Waals surface area contributed by atoms with Gasteiger partial charge in [-0.25, -0.2) is 4.39 Å². The Balaban J connectivity index is 2.38. The van der Waals surface area contributed by atoms with Gasteiger partial charge in [-0.3, -0.25) is 0 Å². The lowest BCUT2D eigenvalue weighted by molar-refractivity contribution is -0.139. The van der Waals surface area contributed by atoms with Gasteiger partial charge in [-0.2, -0.15) is 13.2 Å². The van der Waals surface area contributed by atoms with Gasteiger partial charge in [-0.1, -0.05) is 6.07 Å². The maximum atomic E-state index is 13.2. The molecule has 0 spiro atoms. The van der Waals surface area contributed by atoms with Crippen molar-refractivity contribution in [3.63, 3.8) is 0 Å². The highest BCUT2D eigenvalue weighted by Crippen LogP contribution is 2.34. The van der Waals surface area contributed by atoms with Crippen molar-refractivity contribution in [1.82, 2.24) is 0 Å². The highest BCUT2D eigenvalue weighted by atomic mass is 19.4. The molecule has 0 saturated carbocycles. The standard InChI is InChI=1S/C14H12F4N2/c1-8-12(19)3-2-4-13(8)20-9-5-6-11(15)10(7-9)14(16,17)18/h2-7,20H,19H2,1H3. The molecule has 0 aliphatic heterocycles. The third-order valence-corrected chi connectivity index (χ3v) is 2.93. The molecular weight excluding hydrogens is 272 g/mol. The summed E-state index contributed by atoms with van der Waals surface area (Å²) in [6, 6.07) is 7.81. The van der Waals surface area contributed by atoms with E-state index >= 15 is 0 Å². The van der Waals surface area contributed by atoms with Gasteiger partial charge in [-0.15, -0.1) is 0 Å². The Labute approximate surface area is 113 Å². The second kappa shape index (κ2) is 5.03. The summed E-state index contributed by atoms with van der Waals surface area (Å²) in [7, 11) is 0. The maximum Gasteiger partial charge on any atom is 0.419 e. The van der Waals surface area contributed by atoms with Crippen LogP contribution in [-0.2, 0) is 6.18 Å². The average molecular weight is 284 g/mol. The molecular formula is C14H12F4N2. The lowest BCUT2D eigenvalue weighted by Gasteiger charge is -2.14. The van der Waals surface area contributed by atoms with Crippen LogP contribution in [0.25, 0.3) is 0 Å². The first kappa shape index (κ1) is 14.2. The SMILES string of the molecule is Cc1c(N)cccc1Nc1ccc(F)c(C(F)(F)F)c1. The van der Waals surface area contributed by atoms with Crippen molar-refractivity contribution in [2.45, 2.75) is 13.1 Å². The van der Waals surface area contributed by atoms with Crippen LogP contribution in [-0.4, -0.2) is 0 Å². The zero-order valence-electron chi connectivity index (χ0n) is 10.6. The molecule has 3 N–H and O–H groups in total. The molecule has 0 bridgehead atoms. The fraction of sp³-hybridized carbons (Fsp3) is 0.143. The number of halogens is 4. The maximum absolute atomic E-state index is 13.2. The van der Waals surface area contributed by atoms with Crippen molar-refractivity contribution in [3.8, 4) is 0 Å². The van der Waals surface area contributed by atoms with Crippen LogP contribution >= 0.6 is 0 Å². The number of benzene rings is 2. The number of hydrogen-bond donors (Lipinski definition) is 2. The summed E-state index contributed by atoms with van der Waals surface area (Å²) in [6.07, 6.45) is -4.73. The molecule has 106 valence electrons. The molecule has 0 aliphatic rings. The van der Waals surface area contributed by atoms with Crippen LogP contribution in [0.4, 0.5) is 34.6 Å². The zero-order chi connectivity index (χ0) is 14.9. The van der Waals surface area contributed by atoms with Crippen molar-refractivity contribution in [3.05, 3.63) is 53.3 Å². The summed E-state index contributed by atoms with van der Waals surface area (Å²) >= 11 is 0. The van der Waals surface area contributed by atoms with Crippen molar-refractivity contribution in [2.75, 3.05) is 11.1 Å². The minimum Gasteiger partial charge on any atom is -0.398 e. The number of nitrogen functional groups attached to an aromatic ring is 1. The van der Waals surface area contributed by atoms with Crippen LogP contribution in [0.3, 0.4) is 0 Å². The van der Waals surface area contributed by atoms with Crippen LogP contribution in [0.2, 0.25) is 0 Å². The van der Waals surface area contributed by atoms with Gasteiger partial charge in [0.05, 0.1) is 5.56 Å². The van der Waals surface area contributed by atoms with E-state index in [2.05, 4.69) is 5.32 Å². The van der Waals surface area contributed by atoms with Crippen molar-refractivity contribution in [1.29, 1.82) is 0 Å². The van der Waals surface area contributed by atoms with Crippen LogP contribution in [0.15, 0.2) is 36.4 Å². The number of alkyl halides is 3. The van der Waals surface area contributed by atoms with E-state index in [0.717, 1.165) is 12.1 Å². The minimum absolute atomic E-state index is 0.146. The predicted octanol–water partition coefficient (Wildman–Crippen LogP) is 4.48. The Morgan fingerprint density at radius 1 is 1.10 bits per heavy atom. The van der Waals surface area contributed by atoms with Gasteiger partial charge < -0.3 is 11.1 Å². The van der Waals surface area contributed by atoms with Crippen LogP contribution in [0, 0.1) is 12.7 Å². The molecule has 2 rings (SSSR count). The number of rotatable bonds is 2. The van der Waals surface area contributed by atoms with E-state index in [1.807, 2.05) is 0 Å². The fourth-order valence-corrected chi connectivity index (χ4v) is 1.76. The summed E-state index contributed by atoms with van der Waals surface area (Å²) in [6.45, 7) is 1.74. The van der Waals surface area contributed by atoms with Gasteiger partial charge >= 0.3 is 6.18 Å². The topological polar surface area (TPSA) is 38.0 Å². The quantitative estimate of drug-likeness (QED) is 0.630. The van der Waals surface area contributed by atoms with Gasteiger partial charge in [0.25, 0.3) is 0 Å². The molecule has 0 unspecified atom stereocenters. The Morgan fingerprint density at radius 2 is 1.80 bits per heavy atom. The molecule has 0 aliphatic carbocycles. The summed E-state index contributed by atoms with van der Waals surface area (Å²) in [5.41, 5.74) is 6.37. The van der Waals surface area contributed by atoms with E-state index in [0.29, 0.717) is 16.9 Å². The summed E-state index contributed by atoms with van der Waals surface area (Å²) in [5.74, 6) is -1.30. The number of hydrogen-bond acceptors (Lipinski definition) is 2. The fourth-order valence-electron chi connectivity index (χ4n) is 1.76. The minimum atomic E-state index is -4.73. The first-order valence-electron chi connectivity index (χ1n) is 5.78. The number of nitrogens with one attached hydrogen (secondary N) is 1. The van der Waals surface area contributed by atoms with E-state index in [1.54, 1.807) is 25.1 Å². The monoisotopic (exact) mass is 284 g/mol. The van der Waals surface area contributed by atoms with Gasteiger partial charge in [0.1, 0.15) is 5.82 Å². The van der Waals surface area contributed by atoms with Crippen molar-refractivity contribution in [2.24, 2.45) is 0 Å². The molecule has 0 fully saturated rings. The number of anilines is 3. The molecule has 2 nitrogen and oxygen atoms in total. The molecule has 6 heteroatoms. The van der Waals surface area contributed by atoms with E-state index in [4.69, 9.17) is 5.73 Å². The van der Waals surface area contributed by atoms with Gasteiger partial charge in [0.2, 0.25) is 0 Å². The molecule has 0 atom stereocenters. The van der Waals surface area contributed by atoms with Crippen molar-refractivity contribution >= 4 is 17.1 Å². The third-order valence-electron chi connectivity index (χ3n) is 2.93. The van der Waals surface area contributed by atoms with Gasteiger partial charge in [0, 0.05) is 17.1 Å². The first-order valence-corrected chi connectivity index (χ1v) is 5.78. The highest BCUT2D eigenvalue weighted by molar-refractivity contribution is 5.69. The lowest BCUT2D eigenvalue weighted by Crippen LogP contribution is -2.08. The van der Waals surface area contributed by atoms with Crippen LogP contribution in [0.5, 0.6) is 0 Å². The summed E-state index contributed by atoms with van der Waals surface area (Å²) < 4.78 is 51.0. The first-order chi connectivity index (χ1) is 9.29. The van der Waals surface area contributed by atoms with E-state index in [-0.39, 0.29) is 5.69 Å². The molecule has 0 amide bonds. The zero-order valence-corrected chi connectivity index (χ0v) is 10.6. The smallest absolute Gasteiger partial charge is 0.398 e. The lowest BCUT2D eigenvalue weighted by atomic mass is 10.1. The van der Waals surface area contributed by atoms with Crippen LogP contribution < -0.4 is 11.1 Å². The third kappa shape index (κ3) is 2.84. The van der Waals surface area contributed by atoms with E-state index in [1.165, 1.54) is 6.07 Å². The Morgan fingerprint density at radius 3 is 2.45 bits per heavy atom. The molecule has 20 heavy (non-hydrogen) atoms. The Hall–Kier alpha value is -2.24. The predicted molar refractivity (Wildman–Crippen MR) is 70.3 cm³/mol. The van der Waals surface area contributed by atoms with E-state index in [9.17, 15) is 17.6 Å². The molecule has 0 aromatic heterocycles. The van der Waals surface area contributed by atoms with Gasteiger partial charge in [0.15, 0.2) is 0 Å². The second-order valence-electron chi connectivity index (χ2n) is 4.34. The molecule has 2 aromatic carbocycles. The Kier molecular flexibility index (Phi) is 3.57. The average Bonchev–Trinajstić information content (AvgIpc) is 2.36. The molecule has 0 radical (unpaired) electrons. The molecule has 2 aromatic rings. The second-order valence-corrected chi connectivity index (χ2v) is 4.34. The van der Waals surface area contributed by atoms with E-state index < -0.39 is 17.6 Å². The summed E-state index contributed by atoms with van der Waals surface area (Å²) in [4.78, 5) is 0. The number of nitrogens with two attached hydrogens (primary N) is 1. The van der Waals surface area contributed by atoms with Crippen molar-refractivity contribution < 1.29 is 17.6 Å². The Bertz CT molecular complexity index is 636. The summed E-state index contributed by atoms with van der Waals surface area (Å²) in [5, 5.41) is 2.81.